The van der Waals surface area contributed by atoms with Crippen LogP contribution >= 0.6 is 0 Å². The van der Waals surface area contributed by atoms with Crippen molar-refractivity contribution in [1.29, 1.82) is 0 Å². The van der Waals surface area contributed by atoms with Gasteiger partial charge in [0.15, 0.2) is 0 Å². The molecule has 2 rings (SSSR count). The summed E-state index contributed by atoms with van der Waals surface area (Å²) in [6, 6.07) is 10.4. The normalized spacial score (nSPS) is 10.1. The molecule has 4 heteroatoms. The lowest BCUT2D eigenvalue weighted by molar-refractivity contribution is 0.112. The third-order valence-electron chi connectivity index (χ3n) is 2.35. The monoisotopic (exact) mass is 246 g/mol. The van der Waals surface area contributed by atoms with Gasteiger partial charge in [0.05, 0.1) is 0 Å². The number of carbonyl (C=O) groups excluding carboxylic acids is 1. The molecule has 0 spiro atoms. The standard InChI is InChI=1S/C14H11FO3/c15-12-4-11(8-16)6-14(7-12)18-9-10-2-1-3-13(17)5-10/h1-8,17H,9H2. The molecule has 0 radical (unpaired) electrons. The van der Waals surface area contributed by atoms with Crippen molar-refractivity contribution in [3.63, 3.8) is 0 Å². The van der Waals surface area contributed by atoms with E-state index in [1.165, 1.54) is 12.1 Å². The molecule has 0 bridgehead atoms. The van der Waals surface area contributed by atoms with E-state index in [1.54, 1.807) is 24.3 Å². The Hall–Kier alpha value is -2.36. The maximum Gasteiger partial charge on any atom is 0.150 e. The molecule has 0 heterocycles. The van der Waals surface area contributed by atoms with Crippen molar-refractivity contribution in [2.45, 2.75) is 6.61 Å². The quantitative estimate of drug-likeness (QED) is 0.844. The molecular weight excluding hydrogens is 235 g/mol. The minimum Gasteiger partial charge on any atom is -0.508 e. The number of aldehydes is 1. The third kappa shape index (κ3) is 3.07. The summed E-state index contributed by atoms with van der Waals surface area (Å²) in [5.74, 6) is -0.102. The Morgan fingerprint density at radius 3 is 2.78 bits per heavy atom. The number of phenolic OH excluding ortho intramolecular Hbond substituents is 1. The summed E-state index contributed by atoms with van der Waals surface area (Å²) in [5.41, 5.74) is 0.979. The molecule has 0 saturated heterocycles. The van der Waals surface area contributed by atoms with E-state index in [4.69, 9.17) is 4.74 Å². The fourth-order valence-corrected chi connectivity index (χ4v) is 1.55. The first-order valence-corrected chi connectivity index (χ1v) is 5.34. The summed E-state index contributed by atoms with van der Waals surface area (Å²) in [4.78, 5) is 10.6. The Labute approximate surface area is 103 Å². The van der Waals surface area contributed by atoms with Gasteiger partial charge in [-0.1, -0.05) is 12.1 Å². The van der Waals surface area contributed by atoms with Gasteiger partial charge in [0.2, 0.25) is 0 Å². The van der Waals surface area contributed by atoms with Crippen molar-refractivity contribution in [1.82, 2.24) is 0 Å². The highest BCUT2D eigenvalue weighted by Crippen LogP contribution is 2.18. The van der Waals surface area contributed by atoms with Gasteiger partial charge in [0, 0.05) is 11.6 Å². The van der Waals surface area contributed by atoms with Gasteiger partial charge in [-0.2, -0.15) is 0 Å². The van der Waals surface area contributed by atoms with Gasteiger partial charge in [-0.05, 0) is 29.8 Å². The molecule has 0 aliphatic rings. The highest BCUT2D eigenvalue weighted by Gasteiger charge is 2.02. The second-order valence-corrected chi connectivity index (χ2v) is 3.80. The van der Waals surface area contributed by atoms with Gasteiger partial charge in [0.25, 0.3) is 0 Å². The largest absolute Gasteiger partial charge is 0.508 e. The Balaban J connectivity index is 2.10. The topological polar surface area (TPSA) is 46.5 Å². The zero-order chi connectivity index (χ0) is 13.0. The number of ether oxygens (including phenoxy) is 1. The predicted octanol–water partition coefficient (Wildman–Crippen LogP) is 2.92. The molecule has 3 nitrogen and oxygen atoms in total. The molecule has 2 aromatic carbocycles. The minimum absolute atomic E-state index is 0.143. The number of rotatable bonds is 4. The number of phenols is 1. The summed E-state index contributed by atoms with van der Waals surface area (Å²) < 4.78 is 18.5. The van der Waals surface area contributed by atoms with Crippen molar-refractivity contribution in [2.75, 3.05) is 0 Å². The SMILES string of the molecule is O=Cc1cc(F)cc(OCc2cccc(O)c2)c1. The summed E-state index contributed by atoms with van der Waals surface area (Å²) in [7, 11) is 0. The molecule has 0 amide bonds. The zero-order valence-corrected chi connectivity index (χ0v) is 9.47. The molecule has 0 aliphatic carbocycles. The summed E-state index contributed by atoms with van der Waals surface area (Å²) in [6.07, 6.45) is 0.560. The van der Waals surface area contributed by atoms with Crippen LogP contribution in [0.2, 0.25) is 0 Å². The average molecular weight is 246 g/mol. The van der Waals surface area contributed by atoms with E-state index in [2.05, 4.69) is 0 Å². The van der Waals surface area contributed by atoms with Crippen LogP contribution in [0.15, 0.2) is 42.5 Å². The van der Waals surface area contributed by atoms with Crippen LogP contribution in [-0.4, -0.2) is 11.4 Å². The van der Waals surface area contributed by atoms with E-state index in [0.717, 1.165) is 11.6 Å². The molecule has 2 aromatic rings. The third-order valence-corrected chi connectivity index (χ3v) is 2.35. The second kappa shape index (κ2) is 5.31. The number of halogens is 1. The smallest absolute Gasteiger partial charge is 0.150 e. The fraction of sp³-hybridized carbons (Fsp3) is 0.0714. The zero-order valence-electron chi connectivity index (χ0n) is 9.47. The predicted molar refractivity (Wildman–Crippen MR) is 64.2 cm³/mol. The van der Waals surface area contributed by atoms with E-state index in [-0.39, 0.29) is 23.7 Å². The van der Waals surface area contributed by atoms with Gasteiger partial charge in [-0.3, -0.25) is 4.79 Å². The lowest BCUT2D eigenvalue weighted by Gasteiger charge is -2.07. The van der Waals surface area contributed by atoms with E-state index in [9.17, 15) is 14.3 Å². The summed E-state index contributed by atoms with van der Waals surface area (Å²) >= 11 is 0. The number of hydrogen-bond donors (Lipinski definition) is 1. The highest BCUT2D eigenvalue weighted by molar-refractivity contribution is 5.75. The van der Waals surface area contributed by atoms with Crippen LogP contribution in [0.25, 0.3) is 0 Å². The van der Waals surface area contributed by atoms with Crippen molar-refractivity contribution in [3.05, 3.63) is 59.4 Å². The van der Waals surface area contributed by atoms with Crippen LogP contribution in [0.4, 0.5) is 4.39 Å². The van der Waals surface area contributed by atoms with Gasteiger partial charge in [-0.25, -0.2) is 4.39 Å². The Bertz CT molecular complexity index is 567. The summed E-state index contributed by atoms with van der Waals surface area (Å²) in [5, 5.41) is 9.27. The molecule has 18 heavy (non-hydrogen) atoms. The van der Waals surface area contributed by atoms with Gasteiger partial charge < -0.3 is 9.84 Å². The number of benzene rings is 2. The Morgan fingerprint density at radius 2 is 2.06 bits per heavy atom. The Kier molecular flexibility index (Phi) is 3.57. The van der Waals surface area contributed by atoms with E-state index >= 15 is 0 Å². The van der Waals surface area contributed by atoms with Crippen LogP contribution in [0.3, 0.4) is 0 Å². The average Bonchev–Trinajstić information content (AvgIpc) is 2.36. The highest BCUT2D eigenvalue weighted by atomic mass is 19.1. The molecule has 0 aromatic heterocycles. The number of carbonyl (C=O) groups is 1. The molecule has 1 N–H and O–H groups in total. The van der Waals surface area contributed by atoms with E-state index < -0.39 is 5.82 Å². The first-order valence-electron chi connectivity index (χ1n) is 5.34. The maximum atomic E-state index is 13.1. The van der Waals surface area contributed by atoms with Crippen LogP contribution in [0.5, 0.6) is 11.5 Å². The van der Waals surface area contributed by atoms with Gasteiger partial charge >= 0.3 is 0 Å². The van der Waals surface area contributed by atoms with Crippen LogP contribution < -0.4 is 4.74 Å². The minimum atomic E-state index is -0.523. The van der Waals surface area contributed by atoms with Gasteiger partial charge in [0.1, 0.15) is 30.2 Å². The van der Waals surface area contributed by atoms with Crippen LogP contribution in [-0.2, 0) is 6.61 Å². The first-order chi connectivity index (χ1) is 8.67. The van der Waals surface area contributed by atoms with Crippen molar-refractivity contribution in [2.24, 2.45) is 0 Å². The lowest BCUT2D eigenvalue weighted by atomic mass is 10.2. The van der Waals surface area contributed by atoms with Crippen molar-refractivity contribution in [3.8, 4) is 11.5 Å². The lowest BCUT2D eigenvalue weighted by Crippen LogP contribution is -1.96. The molecule has 0 aliphatic heterocycles. The van der Waals surface area contributed by atoms with Gasteiger partial charge in [-0.15, -0.1) is 0 Å². The molecule has 0 atom stereocenters. The van der Waals surface area contributed by atoms with Crippen LogP contribution in [0, 0.1) is 5.82 Å². The fourth-order valence-electron chi connectivity index (χ4n) is 1.55. The first kappa shape index (κ1) is 12.1. The molecule has 92 valence electrons. The van der Waals surface area contributed by atoms with E-state index in [0.29, 0.717) is 6.29 Å². The van der Waals surface area contributed by atoms with Crippen molar-refractivity contribution < 1.29 is 19.0 Å². The molecular formula is C14H11FO3. The second-order valence-electron chi connectivity index (χ2n) is 3.80. The van der Waals surface area contributed by atoms with E-state index in [1.807, 2.05) is 0 Å². The summed E-state index contributed by atoms with van der Waals surface area (Å²) in [6.45, 7) is 0.191. The van der Waals surface area contributed by atoms with Crippen molar-refractivity contribution >= 4 is 6.29 Å². The molecule has 0 fully saturated rings. The number of aromatic hydroxyl groups is 1. The number of hydrogen-bond acceptors (Lipinski definition) is 3. The Morgan fingerprint density at radius 1 is 1.22 bits per heavy atom. The maximum absolute atomic E-state index is 13.1. The molecule has 0 unspecified atom stereocenters. The van der Waals surface area contributed by atoms with Crippen LogP contribution in [0.1, 0.15) is 15.9 Å². The molecule has 0 saturated carbocycles.